The van der Waals surface area contributed by atoms with E-state index in [1.54, 1.807) is 18.9 Å². The maximum absolute atomic E-state index is 12.7. The Balaban J connectivity index is 2.05. The Morgan fingerprint density at radius 2 is 1.89 bits per heavy atom. The lowest BCUT2D eigenvalue weighted by molar-refractivity contribution is 0.0959. The van der Waals surface area contributed by atoms with Crippen LogP contribution in [0, 0.1) is 0 Å². The number of thioether (sulfide) groups is 1. The summed E-state index contributed by atoms with van der Waals surface area (Å²) in [5.74, 6) is 1.56. The number of carbonyl (C=O) groups is 1. The molecule has 0 N–H and O–H groups in total. The number of hydrogen-bond acceptors (Lipinski definition) is 3. The first-order valence-corrected chi connectivity index (χ1v) is 7.19. The molecule has 0 radical (unpaired) electrons. The number of rotatable bonds is 2. The Hall–Kier alpha value is -1.74. The van der Waals surface area contributed by atoms with Crippen LogP contribution >= 0.6 is 11.8 Å². The number of Topliss-reactive ketones (excluding diaryl/α,β-unsaturated/α-hetero) is 1. The molecule has 0 bridgehead atoms. The first-order valence-electron chi connectivity index (χ1n) is 6.20. The number of benzene rings is 2. The summed E-state index contributed by atoms with van der Waals surface area (Å²) in [4.78, 5) is 13.7. The van der Waals surface area contributed by atoms with Crippen LogP contribution < -0.4 is 4.74 Å². The molecule has 3 heteroatoms. The van der Waals surface area contributed by atoms with Gasteiger partial charge in [-0.15, -0.1) is 11.8 Å². The van der Waals surface area contributed by atoms with Crippen LogP contribution in [0.5, 0.6) is 5.75 Å². The maximum atomic E-state index is 12.7. The van der Waals surface area contributed by atoms with Gasteiger partial charge in [0.15, 0.2) is 5.78 Å². The van der Waals surface area contributed by atoms with E-state index in [0.717, 1.165) is 21.8 Å². The predicted molar refractivity (Wildman–Crippen MR) is 77.2 cm³/mol. The number of carbonyl (C=O) groups excluding carboxylic acids is 1. The third-order valence-corrected chi connectivity index (χ3v) is 4.53. The summed E-state index contributed by atoms with van der Waals surface area (Å²) in [5.41, 5.74) is 1.81. The van der Waals surface area contributed by atoms with Crippen molar-refractivity contribution in [2.75, 3.05) is 12.9 Å². The van der Waals surface area contributed by atoms with E-state index >= 15 is 0 Å². The second-order valence-corrected chi connectivity index (χ2v) is 5.53. The van der Waals surface area contributed by atoms with Gasteiger partial charge in [0.1, 0.15) is 5.75 Å². The van der Waals surface area contributed by atoms with Crippen molar-refractivity contribution in [2.45, 2.75) is 10.8 Å². The standard InChI is InChI=1S/C16H14O2S/c1-18-13-8-5-9-14-15(13)16(17)12(10-19-14)11-6-3-2-4-7-11/h2-9,12H,10H2,1H3/t12-/m1/s1. The lowest BCUT2D eigenvalue weighted by atomic mass is 9.91. The molecular formula is C16H14O2S. The monoisotopic (exact) mass is 270 g/mol. The molecule has 1 aliphatic rings. The van der Waals surface area contributed by atoms with Crippen LogP contribution in [-0.4, -0.2) is 18.6 Å². The lowest BCUT2D eigenvalue weighted by Crippen LogP contribution is -2.21. The zero-order chi connectivity index (χ0) is 13.2. The van der Waals surface area contributed by atoms with E-state index in [4.69, 9.17) is 4.74 Å². The Kier molecular flexibility index (Phi) is 3.30. The average molecular weight is 270 g/mol. The molecule has 2 aromatic carbocycles. The van der Waals surface area contributed by atoms with Crippen molar-refractivity contribution in [1.29, 1.82) is 0 Å². The molecule has 0 spiro atoms. The Morgan fingerprint density at radius 3 is 2.63 bits per heavy atom. The van der Waals surface area contributed by atoms with Gasteiger partial charge in [-0.25, -0.2) is 0 Å². The summed E-state index contributed by atoms with van der Waals surface area (Å²) in [6, 6.07) is 15.7. The molecule has 0 fully saturated rings. The smallest absolute Gasteiger partial charge is 0.176 e. The van der Waals surface area contributed by atoms with Gasteiger partial charge in [-0.3, -0.25) is 4.79 Å². The molecule has 0 unspecified atom stereocenters. The Labute approximate surface area is 116 Å². The summed E-state index contributed by atoms with van der Waals surface area (Å²) in [6.45, 7) is 0. The van der Waals surface area contributed by atoms with E-state index in [-0.39, 0.29) is 11.7 Å². The second-order valence-electron chi connectivity index (χ2n) is 4.47. The number of hydrogen-bond donors (Lipinski definition) is 0. The quantitative estimate of drug-likeness (QED) is 0.831. The summed E-state index contributed by atoms with van der Waals surface area (Å²) < 4.78 is 5.33. The molecule has 1 atom stereocenters. The van der Waals surface area contributed by atoms with Gasteiger partial charge in [0.05, 0.1) is 18.6 Å². The SMILES string of the molecule is COc1cccc2c1C(=O)[C@@H](c1ccccc1)CS2. The van der Waals surface area contributed by atoms with Gasteiger partial charge in [0.25, 0.3) is 0 Å². The fraction of sp³-hybridized carbons (Fsp3) is 0.188. The first-order chi connectivity index (χ1) is 9.31. The molecule has 3 rings (SSSR count). The summed E-state index contributed by atoms with van der Waals surface area (Å²) >= 11 is 1.72. The highest BCUT2D eigenvalue weighted by atomic mass is 32.2. The van der Waals surface area contributed by atoms with E-state index < -0.39 is 0 Å². The fourth-order valence-electron chi connectivity index (χ4n) is 2.40. The van der Waals surface area contributed by atoms with Crippen LogP contribution in [0.2, 0.25) is 0 Å². The van der Waals surface area contributed by atoms with Crippen molar-refractivity contribution >= 4 is 17.5 Å². The Morgan fingerprint density at radius 1 is 1.11 bits per heavy atom. The molecule has 0 saturated heterocycles. The van der Waals surface area contributed by atoms with E-state index in [1.165, 1.54) is 0 Å². The fourth-order valence-corrected chi connectivity index (χ4v) is 3.61. The largest absolute Gasteiger partial charge is 0.496 e. The van der Waals surface area contributed by atoms with E-state index in [2.05, 4.69) is 0 Å². The van der Waals surface area contributed by atoms with Crippen molar-refractivity contribution in [3.8, 4) is 5.75 Å². The molecular weight excluding hydrogens is 256 g/mol. The van der Waals surface area contributed by atoms with Crippen molar-refractivity contribution in [2.24, 2.45) is 0 Å². The summed E-state index contributed by atoms with van der Waals surface area (Å²) in [6.07, 6.45) is 0. The minimum Gasteiger partial charge on any atom is -0.496 e. The summed E-state index contributed by atoms with van der Waals surface area (Å²) in [5, 5.41) is 0. The van der Waals surface area contributed by atoms with Gasteiger partial charge in [-0.1, -0.05) is 36.4 Å². The van der Waals surface area contributed by atoms with Crippen LogP contribution in [-0.2, 0) is 0 Å². The molecule has 2 nitrogen and oxygen atoms in total. The maximum Gasteiger partial charge on any atom is 0.176 e. The van der Waals surface area contributed by atoms with E-state index in [1.807, 2.05) is 48.5 Å². The predicted octanol–water partition coefficient (Wildman–Crippen LogP) is 3.77. The van der Waals surface area contributed by atoms with Crippen molar-refractivity contribution in [1.82, 2.24) is 0 Å². The number of fused-ring (bicyclic) bond motifs is 1. The second kappa shape index (κ2) is 5.10. The van der Waals surface area contributed by atoms with Crippen molar-refractivity contribution in [3.63, 3.8) is 0 Å². The van der Waals surface area contributed by atoms with Gasteiger partial charge in [0, 0.05) is 10.6 Å². The van der Waals surface area contributed by atoms with Crippen molar-refractivity contribution < 1.29 is 9.53 Å². The zero-order valence-electron chi connectivity index (χ0n) is 10.6. The molecule has 1 heterocycles. The van der Waals surface area contributed by atoms with Crippen LogP contribution in [0.3, 0.4) is 0 Å². The van der Waals surface area contributed by atoms with Gasteiger partial charge in [-0.2, -0.15) is 0 Å². The van der Waals surface area contributed by atoms with Crippen molar-refractivity contribution in [3.05, 3.63) is 59.7 Å². The van der Waals surface area contributed by atoms with Gasteiger partial charge < -0.3 is 4.74 Å². The molecule has 0 amide bonds. The van der Waals surface area contributed by atoms with Crippen LogP contribution in [0.15, 0.2) is 53.4 Å². The zero-order valence-corrected chi connectivity index (χ0v) is 11.4. The minimum absolute atomic E-state index is 0.0741. The third-order valence-electron chi connectivity index (χ3n) is 3.38. The molecule has 1 aliphatic heterocycles. The number of methoxy groups -OCH3 is 1. The number of ketones is 1. The highest BCUT2D eigenvalue weighted by Crippen LogP contribution is 2.41. The first kappa shape index (κ1) is 12.3. The highest BCUT2D eigenvalue weighted by Gasteiger charge is 2.31. The Bertz CT molecular complexity index is 593. The molecule has 0 aliphatic carbocycles. The molecule has 19 heavy (non-hydrogen) atoms. The topological polar surface area (TPSA) is 26.3 Å². The molecule has 96 valence electrons. The molecule has 0 saturated carbocycles. The van der Waals surface area contributed by atoms with Gasteiger partial charge in [-0.05, 0) is 17.7 Å². The lowest BCUT2D eigenvalue weighted by Gasteiger charge is -2.24. The van der Waals surface area contributed by atoms with Gasteiger partial charge >= 0.3 is 0 Å². The number of ether oxygens (including phenoxy) is 1. The third kappa shape index (κ3) is 2.15. The van der Waals surface area contributed by atoms with Crippen LogP contribution in [0.4, 0.5) is 0 Å². The average Bonchev–Trinajstić information content (AvgIpc) is 2.48. The molecule has 2 aromatic rings. The highest BCUT2D eigenvalue weighted by molar-refractivity contribution is 7.99. The normalized spacial score (nSPS) is 17.9. The van der Waals surface area contributed by atoms with Crippen LogP contribution in [0.25, 0.3) is 0 Å². The summed E-state index contributed by atoms with van der Waals surface area (Å²) in [7, 11) is 1.61. The van der Waals surface area contributed by atoms with Crippen LogP contribution in [0.1, 0.15) is 21.8 Å². The van der Waals surface area contributed by atoms with E-state index in [9.17, 15) is 4.79 Å². The van der Waals surface area contributed by atoms with E-state index in [0.29, 0.717) is 5.75 Å². The van der Waals surface area contributed by atoms with Gasteiger partial charge in [0.2, 0.25) is 0 Å². The molecule has 0 aromatic heterocycles. The minimum atomic E-state index is -0.0741.